The number of hydrogen-bond donors (Lipinski definition) is 1. The van der Waals surface area contributed by atoms with Gasteiger partial charge in [-0.25, -0.2) is 0 Å². The van der Waals surface area contributed by atoms with Gasteiger partial charge in [-0.2, -0.15) is 0 Å². The molecule has 1 aliphatic rings. The van der Waals surface area contributed by atoms with Crippen LogP contribution in [0.15, 0.2) is 24.3 Å². The number of anilines is 1. The summed E-state index contributed by atoms with van der Waals surface area (Å²) in [4.78, 5) is 12.1. The first-order valence-corrected chi connectivity index (χ1v) is 5.20. The van der Waals surface area contributed by atoms with Crippen molar-refractivity contribution >= 4 is 11.4 Å². The van der Waals surface area contributed by atoms with E-state index in [9.17, 15) is 15.2 Å². The van der Waals surface area contributed by atoms with Gasteiger partial charge in [-0.3, -0.25) is 10.1 Å². The van der Waals surface area contributed by atoms with E-state index in [0.29, 0.717) is 6.54 Å². The summed E-state index contributed by atoms with van der Waals surface area (Å²) in [6.45, 7) is 3.16. The second-order valence-electron chi connectivity index (χ2n) is 4.44. The number of non-ortho nitro benzene ring substituents is 1. The fourth-order valence-corrected chi connectivity index (χ4v) is 1.95. The van der Waals surface area contributed by atoms with E-state index in [1.165, 1.54) is 12.1 Å². The average molecular weight is 222 g/mol. The molecule has 0 aliphatic carbocycles. The van der Waals surface area contributed by atoms with Crippen LogP contribution in [0.5, 0.6) is 0 Å². The van der Waals surface area contributed by atoms with E-state index >= 15 is 0 Å². The molecule has 86 valence electrons. The number of rotatable bonds is 2. The number of aliphatic hydroxyl groups is 1. The molecule has 0 aromatic heterocycles. The third-order valence-electron chi connectivity index (χ3n) is 2.88. The van der Waals surface area contributed by atoms with Crippen LogP contribution in [-0.2, 0) is 0 Å². The fraction of sp³-hybridized carbons (Fsp3) is 0.455. The summed E-state index contributed by atoms with van der Waals surface area (Å²) in [6.07, 6.45) is 0.726. The highest BCUT2D eigenvalue weighted by Crippen LogP contribution is 2.27. The zero-order valence-corrected chi connectivity index (χ0v) is 9.09. The van der Waals surface area contributed by atoms with Gasteiger partial charge >= 0.3 is 0 Å². The predicted octanol–water partition coefficient (Wildman–Crippen LogP) is 1.56. The van der Waals surface area contributed by atoms with Crippen molar-refractivity contribution in [3.8, 4) is 0 Å². The minimum absolute atomic E-state index is 0.0923. The molecular formula is C11H14N2O3. The molecule has 1 unspecified atom stereocenters. The van der Waals surface area contributed by atoms with Crippen molar-refractivity contribution in [1.29, 1.82) is 0 Å². The van der Waals surface area contributed by atoms with Crippen LogP contribution in [0.2, 0.25) is 0 Å². The first kappa shape index (κ1) is 10.9. The Hall–Kier alpha value is -1.62. The van der Waals surface area contributed by atoms with E-state index in [1.807, 2.05) is 4.90 Å². The van der Waals surface area contributed by atoms with Gasteiger partial charge in [-0.15, -0.1) is 0 Å². The van der Waals surface area contributed by atoms with Crippen molar-refractivity contribution in [1.82, 2.24) is 0 Å². The van der Waals surface area contributed by atoms with Crippen LogP contribution in [0.3, 0.4) is 0 Å². The zero-order chi connectivity index (χ0) is 11.8. The van der Waals surface area contributed by atoms with Crippen molar-refractivity contribution in [2.24, 2.45) is 0 Å². The van der Waals surface area contributed by atoms with Crippen LogP contribution >= 0.6 is 0 Å². The molecule has 1 aromatic rings. The highest BCUT2D eigenvalue weighted by Gasteiger charge is 2.31. The van der Waals surface area contributed by atoms with Gasteiger partial charge in [-0.1, -0.05) is 0 Å². The minimum atomic E-state index is -0.651. The normalized spacial score (nSPS) is 24.8. The molecule has 5 heteroatoms. The van der Waals surface area contributed by atoms with Crippen LogP contribution in [-0.4, -0.2) is 28.7 Å². The van der Waals surface area contributed by atoms with Gasteiger partial charge in [0.05, 0.1) is 10.5 Å². The summed E-state index contributed by atoms with van der Waals surface area (Å²) in [5.41, 5.74) is 0.361. The highest BCUT2D eigenvalue weighted by atomic mass is 16.6. The van der Waals surface area contributed by atoms with Crippen molar-refractivity contribution in [2.45, 2.75) is 18.9 Å². The van der Waals surface area contributed by atoms with Crippen molar-refractivity contribution in [3.05, 3.63) is 34.4 Å². The highest BCUT2D eigenvalue weighted by molar-refractivity contribution is 5.52. The minimum Gasteiger partial charge on any atom is -0.388 e. The Morgan fingerprint density at radius 1 is 1.44 bits per heavy atom. The van der Waals surface area contributed by atoms with Crippen molar-refractivity contribution in [2.75, 3.05) is 18.0 Å². The van der Waals surface area contributed by atoms with Crippen molar-refractivity contribution in [3.63, 3.8) is 0 Å². The van der Waals surface area contributed by atoms with Gasteiger partial charge < -0.3 is 10.0 Å². The summed E-state index contributed by atoms with van der Waals surface area (Å²) in [5.74, 6) is 0. The Morgan fingerprint density at radius 3 is 2.50 bits per heavy atom. The second kappa shape index (κ2) is 3.75. The molecule has 1 aliphatic heterocycles. The average Bonchev–Trinajstić information content (AvgIpc) is 2.59. The Morgan fingerprint density at radius 2 is 2.06 bits per heavy atom. The quantitative estimate of drug-likeness (QED) is 0.609. The fourth-order valence-electron chi connectivity index (χ4n) is 1.95. The predicted molar refractivity (Wildman–Crippen MR) is 60.6 cm³/mol. The molecule has 1 fully saturated rings. The van der Waals surface area contributed by atoms with Crippen LogP contribution in [0, 0.1) is 10.1 Å². The summed E-state index contributed by atoms with van der Waals surface area (Å²) >= 11 is 0. The van der Waals surface area contributed by atoms with E-state index in [4.69, 9.17) is 0 Å². The lowest BCUT2D eigenvalue weighted by molar-refractivity contribution is -0.384. The second-order valence-corrected chi connectivity index (χ2v) is 4.44. The SMILES string of the molecule is CC1(O)CCN(c2ccc([N+](=O)[O-])cc2)C1. The maximum Gasteiger partial charge on any atom is 0.269 e. The Kier molecular flexibility index (Phi) is 2.55. The van der Waals surface area contributed by atoms with E-state index < -0.39 is 10.5 Å². The van der Waals surface area contributed by atoms with Gasteiger partial charge in [-0.05, 0) is 25.5 Å². The lowest BCUT2D eigenvalue weighted by Gasteiger charge is -2.20. The summed E-state index contributed by atoms with van der Waals surface area (Å²) < 4.78 is 0. The van der Waals surface area contributed by atoms with Crippen LogP contribution in [0.1, 0.15) is 13.3 Å². The number of β-amino-alcohol motifs (C(OH)–C–C–N with tert-alkyl or cyclic N) is 1. The maximum atomic E-state index is 10.5. The van der Waals surface area contributed by atoms with Gasteiger partial charge in [0.2, 0.25) is 0 Å². The zero-order valence-electron chi connectivity index (χ0n) is 9.09. The molecule has 2 rings (SSSR count). The molecule has 1 aromatic carbocycles. The standard InChI is InChI=1S/C11H14N2O3/c1-11(14)6-7-12(8-11)9-2-4-10(5-3-9)13(15)16/h2-5,14H,6-8H2,1H3. The Balaban J connectivity index is 2.14. The van der Waals surface area contributed by atoms with Gasteiger partial charge in [0.1, 0.15) is 0 Å². The third kappa shape index (κ3) is 2.14. The third-order valence-corrected chi connectivity index (χ3v) is 2.88. The molecule has 1 heterocycles. The number of benzene rings is 1. The molecule has 1 saturated heterocycles. The summed E-state index contributed by atoms with van der Waals surface area (Å²) in [7, 11) is 0. The van der Waals surface area contributed by atoms with Gasteiger partial charge in [0.25, 0.3) is 5.69 Å². The molecule has 16 heavy (non-hydrogen) atoms. The molecule has 0 amide bonds. The molecule has 5 nitrogen and oxygen atoms in total. The van der Waals surface area contributed by atoms with Crippen LogP contribution in [0.25, 0.3) is 0 Å². The lowest BCUT2D eigenvalue weighted by atomic mass is 10.1. The van der Waals surface area contributed by atoms with Crippen LogP contribution < -0.4 is 4.90 Å². The number of nitro groups is 1. The number of hydrogen-bond acceptors (Lipinski definition) is 4. The summed E-state index contributed by atoms with van der Waals surface area (Å²) in [5, 5.41) is 20.3. The molecule has 1 atom stereocenters. The molecule has 0 bridgehead atoms. The molecule has 1 N–H and O–H groups in total. The number of nitro benzene ring substituents is 1. The van der Waals surface area contributed by atoms with E-state index in [2.05, 4.69) is 0 Å². The Bertz CT molecular complexity index is 400. The maximum absolute atomic E-state index is 10.5. The monoisotopic (exact) mass is 222 g/mol. The smallest absolute Gasteiger partial charge is 0.269 e. The van der Waals surface area contributed by atoms with E-state index in [-0.39, 0.29) is 5.69 Å². The van der Waals surface area contributed by atoms with Gasteiger partial charge in [0, 0.05) is 30.9 Å². The van der Waals surface area contributed by atoms with Gasteiger partial charge in [0.15, 0.2) is 0 Å². The molecule has 0 saturated carbocycles. The topological polar surface area (TPSA) is 66.6 Å². The Labute approximate surface area is 93.5 Å². The number of nitrogens with zero attached hydrogens (tertiary/aromatic N) is 2. The van der Waals surface area contributed by atoms with E-state index in [0.717, 1.165) is 18.7 Å². The summed E-state index contributed by atoms with van der Waals surface area (Å²) in [6, 6.07) is 6.42. The molecule has 0 radical (unpaired) electrons. The molecule has 0 spiro atoms. The first-order chi connectivity index (χ1) is 7.48. The first-order valence-electron chi connectivity index (χ1n) is 5.20. The van der Waals surface area contributed by atoms with Crippen LogP contribution in [0.4, 0.5) is 11.4 Å². The van der Waals surface area contributed by atoms with E-state index in [1.54, 1.807) is 19.1 Å². The van der Waals surface area contributed by atoms with Crippen molar-refractivity contribution < 1.29 is 10.0 Å². The lowest BCUT2D eigenvalue weighted by Crippen LogP contribution is -2.29. The molecular weight excluding hydrogens is 208 g/mol. The largest absolute Gasteiger partial charge is 0.388 e.